The lowest BCUT2D eigenvalue weighted by molar-refractivity contribution is -0.119. The van der Waals surface area contributed by atoms with Crippen LogP contribution in [0.4, 0.5) is 8.78 Å². The number of aromatic nitrogens is 1. The quantitative estimate of drug-likeness (QED) is 0.613. The fourth-order valence-corrected chi connectivity index (χ4v) is 3.43. The molecule has 0 fully saturated rings. The summed E-state index contributed by atoms with van der Waals surface area (Å²) in [6.07, 6.45) is 0.866. The zero-order valence-electron chi connectivity index (χ0n) is 17.5. The monoisotopic (exact) mass is 448 g/mol. The number of hydrogen-bond donors (Lipinski definition) is 2. The minimum atomic E-state index is -0.991. The van der Waals surface area contributed by atoms with Crippen molar-refractivity contribution in [3.63, 3.8) is 0 Å². The van der Waals surface area contributed by atoms with Crippen LogP contribution in [-0.4, -0.2) is 57.4 Å². The van der Waals surface area contributed by atoms with Gasteiger partial charge in [0.25, 0.3) is 5.91 Å². The number of fused-ring (bicyclic) bond motifs is 1. The number of benzene rings is 1. The lowest BCUT2D eigenvalue weighted by Crippen LogP contribution is -2.52. The fourth-order valence-electron chi connectivity index (χ4n) is 3.43. The molecule has 1 aromatic carbocycles. The molecule has 2 N–H and O–H groups in total. The lowest BCUT2D eigenvalue weighted by atomic mass is 10.0. The Morgan fingerprint density at radius 1 is 1.22 bits per heavy atom. The summed E-state index contributed by atoms with van der Waals surface area (Å²) in [6, 6.07) is 2.99. The summed E-state index contributed by atoms with van der Waals surface area (Å²) >= 11 is 0. The van der Waals surface area contributed by atoms with E-state index in [4.69, 9.17) is 0 Å². The number of rotatable bonds is 7. The van der Waals surface area contributed by atoms with Gasteiger partial charge in [0.05, 0.1) is 12.2 Å². The lowest BCUT2D eigenvalue weighted by Gasteiger charge is -2.38. The van der Waals surface area contributed by atoms with Crippen molar-refractivity contribution in [1.82, 2.24) is 19.9 Å². The largest absolute Gasteiger partial charge is 0.503 e. The Morgan fingerprint density at radius 3 is 2.59 bits per heavy atom. The van der Waals surface area contributed by atoms with E-state index in [1.165, 1.54) is 35.8 Å². The first-order valence-corrected chi connectivity index (χ1v) is 9.81. The van der Waals surface area contributed by atoms with E-state index < -0.39 is 34.5 Å². The molecular weight excluding hydrogens is 426 g/mol. The van der Waals surface area contributed by atoms with Crippen LogP contribution in [0.2, 0.25) is 0 Å². The molecule has 0 aliphatic carbocycles. The molecule has 1 aliphatic rings. The number of amides is 2. The zero-order chi connectivity index (χ0) is 23.6. The fraction of sp³-hybridized carbons (Fsp3) is 0.333. The van der Waals surface area contributed by atoms with Crippen molar-refractivity contribution in [2.75, 3.05) is 20.1 Å². The van der Waals surface area contributed by atoms with Crippen LogP contribution in [0.3, 0.4) is 0 Å². The van der Waals surface area contributed by atoms with E-state index in [0.29, 0.717) is 6.07 Å². The molecule has 2 aromatic rings. The SMILES string of the molecule is CC(=O)NCCN1Cn2cc(C(=O)CCc3ccc(F)cc3F)c(=O)c(O)c2C(=O)N1C. The van der Waals surface area contributed by atoms with Gasteiger partial charge in [0.1, 0.15) is 11.6 Å². The van der Waals surface area contributed by atoms with Crippen LogP contribution in [0.15, 0.2) is 29.2 Å². The molecule has 9 nitrogen and oxygen atoms in total. The van der Waals surface area contributed by atoms with Crippen molar-refractivity contribution in [3.8, 4) is 5.75 Å². The van der Waals surface area contributed by atoms with Gasteiger partial charge in [-0.2, -0.15) is 5.01 Å². The number of hydrogen-bond acceptors (Lipinski definition) is 6. The summed E-state index contributed by atoms with van der Waals surface area (Å²) in [5.74, 6) is -3.92. The van der Waals surface area contributed by atoms with Crippen molar-refractivity contribution in [1.29, 1.82) is 0 Å². The summed E-state index contributed by atoms with van der Waals surface area (Å²) < 4.78 is 28.1. The Bertz CT molecular complexity index is 1150. The maximum atomic E-state index is 13.8. The van der Waals surface area contributed by atoms with Crippen molar-refractivity contribution < 1.29 is 28.3 Å². The maximum Gasteiger partial charge on any atom is 0.288 e. The van der Waals surface area contributed by atoms with E-state index in [-0.39, 0.29) is 55.3 Å². The second-order valence-corrected chi connectivity index (χ2v) is 7.38. The van der Waals surface area contributed by atoms with Crippen LogP contribution in [0.25, 0.3) is 0 Å². The molecular formula is C21H22F2N4O5. The van der Waals surface area contributed by atoms with Gasteiger partial charge >= 0.3 is 0 Å². The zero-order valence-corrected chi connectivity index (χ0v) is 17.5. The number of pyridine rings is 1. The standard InChI is InChI=1S/C21H22F2N4O5/c1-12(28)24-7-8-27-11-26-10-15(19(30)20(31)18(26)21(32)25(27)2)17(29)6-4-13-3-5-14(22)9-16(13)23/h3,5,9-10,31H,4,6-8,11H2,1-2H3,(H,24,28). The van der Waals surface area contributed by atoms with Gasteiger partial charge in [0.15, 0.2) is 17.2 Å². The minimum absolute atomic E-state index is 0.0396. The molecule has 3 rings (SSSR count). The van der Waals surface area contributed by atoms with Gasteiger partial charge in [-0.1, -0.05) is 6.07 Å². The van der Waals surface area contributed by atoms with E-state index in [9.17, 15) is 33.1 Å². The molecule has 2 amide bonds. The topological polar surface area (TPSA) is 112 Å². The number of hydrazine groups is 1. The number of aryl methyl sites for hydroxylation is 1. The third kappa shape index (κ3) is 4.67. The molecule has 0 unspecified atom stereocenters. The molecule has 0 radical (unpaired) electrons. The minimum Gasteiger partial charge on any atom is -0.503 e. The van der Waals surface area contributed by atoms with Crippen LogP contribution < -0.4 is 10.7 Å². The van der Waals surface area contributed by atoms with E-state index in [0.717, 1.165) is 6.07 Å². The first kappa shape index (κ1) is 23.1. The van der Waals surface area contributed by atoms with Crippen LogP contribution in [0.1, 0.15) is 39.8 Å². The van der Waals surface area contributed by atoms with Crippen LogP contribution in [-0.2, 0) is 17.9 Å². The molecule has 1 aromatic heterocycles. The second-order valence-electron chi connectivity index (χ2n) is 7.38. The Hall–Kier alpha value is -3.60. The maximum absolute atomic E-state index is 13.8. The van der Waals surface area contributed by atoms with Crippen LogP contribution in [0, 0.1) is 11.6 Å². The number of aromatic hydroxyl groups is 1. The molecule has 0 spiro atoms. The van der Waals surface area contributed by atoms with E-state index in [1.807, 2.05) is 0 Å². The highest BCUT2D eigenvalue weighted by Gasteiger charge is 2.33. The number of Topliss-reactive ketones (excluding diaryl/α,β-unsaturated/α-hetero) is 1. The van der Waals surface area contributed by atoms with Crippen LogP contribution in [0.5, 0.6) is 5.75 Å². The molecule has 0 bridgehead atoms. The highest BCUT2D eigenvalue weighted by Crippen LogP contribution is 2.22. The highest BCUT2D eigenvalue weighted by atomic mass is 19.1. The Morgan fingerprint density at radius 2 is 1.94 bits per heavy atom. The smallest absolute Gasteiger partial charge is 0.288 e. The molecule has 170 valence electrons. The van der Waals surface area contributed by atoms with Gasteiger partial charge in [-0.25, -0.2) is 8.78 Å². The number of ketones is 1. The number of carbonyl (C=O) groups excluding carboxylic acids is 3. The Kier molecular flexibility index (Phi) is 6.68. The van der Waals surface area contributed by atoms with E-state index in [2.05, 4.69) is 5.32 Å². The van der Waals surface area contributed by atoms with Crippen molar-refractivity contribution >= 4 is 17.6 Å². The van der Waals surface area contributed by atoms with Crippen molar-refractivity contribution in [3.05, 3.63) is 63.1 Å². The summed E-state index contributed by atoms with van der Waals surface area (Å²) in [6.45, 7) is 1.92. The van der Waals surface area contributed by atoms with Gasteiger partial charge in [-0.15, -0.1) is 0 Å². The number of nitrogens with zero attached hydrogens (tertiary/aromatic N) is 3. The molecule has 32 heavy (non-hydrogen) atoms. The Balaban J connectivity index is 1.84. The first-order valence-electron chi connectivity index (χ1n) is 9.81. The van der Waals surface area contributed by atoms with Gasteiger partial charge in [0, 0.05) is 45.7 Å². The van der Waals surface area contributed by atoms with Crippen molar-refractivity contribution in [2.45, 2.75) is 26.4 Å². The average molecular weight is 448 g/mol. The molecule has 2 heterocycles. The molecule has 11 heteroatoms. The predicted octanol–water partition coefficient (Wildman–Crippen LogP) is 1.04. The third-order valence-corrected chi connectivity index (χ3v) is 5.17. The van der Waals surface area contributed by atoms with Crippen LogP contribution >= 0.6 is 0 Å². The molecule has 1 aliphatic heterocycles. The number of nitrogens with one attached hydrogen (secondary N) is 1. The normalized spacial score (nSPS) is 13.8. The summed E-state index contributed by atoms with van der Waals surface area (Å²) in [5.41, 5.74) is -1.47. The third-order valence-electron chi connectivity index (χ3n) is 5.17. The molecule has 0 atom stereocenters. The van der Waals surface area contributed by atoms with E-state index >= 15 is 0 Å². The molecule has 0 saturated heterocycles. The van der Waals surface area contributed by atoms with Gasteiger partial charge in [-0.05, 0) is 18.1 Å². The number of halogens is 2. The summed E-state index contributed by atoms with van der Waals surface area (Å²) in [7, 11) is 1.46. The average Bonchev–Trinajstić information content (AvgIpc) is 2.72. The predicted molar refractivity (Wildman–Crippen MR) is 109 cm³/mol. The number of carbonyl (C=O) groups is 3. The second kappa shape index (κ2) is 9.27. The van der Waals surface area contributed by atoms with Crippen molar-refractivity contribution in [2.24, 2.45) is 0 Å². The van der Waals surface area contributed by atoms with Gasteiger partial charge in [-0.3, -0.25) is 24.2 Å². The summed E-state index contributed by atoms with van der Waals surface area (Å²) in [4.78, 5) is 48.9. The summed E-state index contributed by atoms with van der Waals surface area (Å²) in [5, 5.41) is 15.7. The molecule has 0 saturated carbocycles. The Labute approximate surface area is 181 Å². The van der Waals surface area contributed by atoms with Gasteiger partial charge < -0.3 is 15.0 Å². The highest BCUT2D eigenvalue weighted by molar-refractivity contribution is 5.99. The van der Waals surface area contributed by atoms with Gasteiger partial charge in [0.2, 0.25) is 11.3 Å². The first-order chi connectivity index (χ1) is 15.1. The van der Waals surface area contributed by atoms with E-state index in [1.54, 1.807) is 5.01 Å².